The minimum Gasteiger partial charge on any atom is -0.294 e. The number of nitrogens with one attached hydrogen (secondary N) is 1. The second-order valence-electron chi connectivity index (χ2n) is 6.45. The smallest absolute Gasteiger partial charge is 0.267 e. The van der Waals surface area contributed by atoms with Crippen LogP contribution < -0.4 is 5.48 Å². The molecule has 1 saturated heterocycles. The molecule has 1 fully saturated rings. The summed E-state index contributed by atoms with van der Waals surface area (Å²) in [7, 11) is 0. The van der Waals surface area contributed by atoms with Crippen molar-refractivity contribution in [2.45, 2.75) is 32.4 Å². The summed E-state index contributed by atoms with van der Waals surface area (Å²) in [4.78, 5) is 13.5. The molecule has 2 heterocycles. The predicted molar refractivity (Wildman–Crippen MR) is 95.9 cm³/mol. The Morgan fingerprint density at radius 2 is 2.16 bits per heavy atom. The Hall–Kier alpha value is -2.44. The van der Waals surface area contributed by atoms with Crippen molar-refractivity contribution in [1.82, 2.24) is 20.2 Å². The van der Waals surface area contributed by atoms with Gasteiger partial charge in [-0.15, -0.1) is 0 Å². The lowest BCUT2D eigenvalue weighted by molar-refractivity contribution is -0.124. The van der Waals surface area contributed by atoms with Crippen LogP contribution in [-0.4, -0.2) is 38.9 Å². The molecule has 2 N–H and O–H groups in total. The van der Waals surface area contributed by atoms with Crippen LogP contribution in [0, 0.1) is 6.92 Å². The van der Waals surface area contributed by atoms with Gasteiger partial charge in [0, 0.05) is 24.9 Å². The van der Waals surface area contributed by atoms with Crippen LogP contribution in [0.3, 0.4) is 0 Å². The van der Waals surface area contributed by atoms with E-state index < -0.39 is 5.91 Å². The molecule has 1 amide bonds. The van der Waals surface area contributed by atoms with Gasteiger partial charge in [0.25, 0.3) is 5.91 Å². The van der Waals surface area contributed by atoms with Crippen molar-refractivity contribution >= 4 is 12.0 Å². The molecule has 25 heavy (non-hydrogen) atoms. The Bertz CT molecular complexity index is 736. The van der Waals surface area contributed by atoms with E-state index >= 15 is 0 Å². The average molecular weight is 340 g/mol. The molecule has 0 spiro atoms. The van der Waals surface area contributed by atoms with E-state index in [1.54, 1.807) is 11.6 Å². The molecule has 1 aliphatic rings. The lowest BCUT2D eigenvalue weighted by Gasteiger charge is -2.24. The molecule has 6 heteroatoms. The summed E-state index contributed by atoms with van der Waals surface area (Å²) in [6, 6.07) is 8.69. The third kappa shape index (κ3) is 4.55. The number of aryl methyl sites for hydroxylation is 1. The normalized spacial score (nSPS) is 18.1. The van der Waals surface area contributed by atoms with Gasteiger partial charge in [-0.1, -0.05) is 24.3 Å². The van der Waals surface area contributed by atoms with E-state index in [2.05, 4.69) is 35.3 Å². The number of rotatable bonds is 6. The Labute approximate surface area is 147 Å². The number of aromatic nitrogens is 2. The molecule has 1 aliphatic heterocycles. The zero-order valence-corrected chi connectivity index (χ0v) is 14.4. The van der Waals surface area contributed by atoms with Gasteiger partial charge in [0.2, 0.25) is 0 Å². The molecule has 3 rings (SSSR count). The van der Waals surface area contributed by atoms with Crippen LogP contribution in [0.25, 0.3) is 6.08 Å². The number of likely N-dealkylation sites (tertiary alicyclic amines) is 1. The highest BCUT2D eigenvalue weighted by atomic mass is 16.5. The third-order valence-electron chi connectivity index (χ3n) is 4.60. The molecule has 6 nitrogen and oxygen atoms in total. The second-order valence-corrected chi connectivity index (χ2v) is 6.45. The van der Waals surface area contributed by atoms with E-state index in [0.717, 1.165) is 25.2 Å². The lowest BCUT2D eigenvalue weighted by atomic mass is 10.0. The van der Waals surface area contributed by atoms with Gasteiger partial charge in [-0.2, -0.15) is 5.10 Å². The predicted octanol–water partition coefficient (Wildman–Crippen LogP) is 2.55. The van der Waals surface area contributed by atoms with Gasteiger partial charge in [-0.25, -0.2) is 5.48 Å². The van der Waals surface area contributed by atoms with Crippen LogP contribution in [0.1, 0.15) is 35.6 Å². The van der Waals surface area contributed by atoms with Crippen molar-refractivity contribution in [3.05, 3.63) is 59.4 Å². The molecule has 0 saturated carbocycles. The topological polar surface area (TPSA) is 70.4 Å². The maximum absolute atomic E-state index is 11.0. The quantitative estimate of drug-likeness (QED) is 0.482. The number of nitrogens with zero attached hydrogens (tertiary/aromatic N) is 3. The lowest BCUT2D eigenvalue weighted by Crippen LogP contribution is -2.27. The molecule has 0 bridgehead atoms. The second kappa shape index (κ2) is 8.09. The van der Waals surface area contributed by atoms with Crippen LogP contribution in [0.5, 0.6) is 0 Å². The highest BCUT2D eigenvalue weighted by Gasteiger charge is 2.25. The fourth-order valence-electron chi connectivity index (χ4n) is 3.33. The number of carbonyl (C=O) groups is 1. The number of amides is 1. The Morgan fingerprint density at radius 3 is 2.84 bits per heavy atom. The largest absolute Gasteiger partial charge is 0.294 e. The molecule has 132 valence electrons. The van der Waals surface area contributed by atoms with Crippen LogP contribution in [-0.2, 0) is 11.3 Å². The van der Waals surface area contributed by atoms with Gasteiger partial charge in [0.1, 0.15) is 0 Å². The van der Waals surface area contributed by atoms with Gasteiger partial charge in [0.15, 0.2) is 0 Å². The Morgan fingerprint density at radius 1 is 1.36 bits per heavy atom. The molecule has 1 aromatic carbocycles. The summed E-state index contributed by atoms with van der Waals surface area (Å²) in [5.74, 6) is -0.528. The standard InChI is InChI=1S/C19H24N4O2/c1-15-13-20-23(14-15)12-11-22-10-2-3-18(22)17-7-4-16(5-8-17)6-9-19(24)21-25/h4-9,13-14,18,25H,2-3,10-12H2,1H3,(H,21,24)/b9-6+/t18-/m0/s1. The van der Waals surface area contributed by atoms with E-state index in [9.17, 15) is 4.79 Å². The van der Waals surface area contributed by atoms with Crippen molar-refractivity contribution in [2.24, 2.45) is 0 Å². The number of hydrogen-bond donors (Lipinski definition) is 2. The summed E-state index contributed by atoms with van der Waals surface area (Å²) in [6.45, 7) is 5.07. The van der Waals surface area contributed by atoms with Crippen molar-refractivity contribution in [3.8, 4) is 0 Å². The van der Waals surface area contributed by atoms with E-state index in [0.29, 0.717) is 6.04 Å². The maximum atomic E-state index is 11.0. The summed E-state index contributed by atoms with van der Waals surface area (Å²) < 4.78 is 2.00. The number of benzene rings is 1. The highest BCUT2D eigenvalue weighted by molar-refractivity contribution is 5.90. The number of carbonyl (C=O) groups excluding carboxylic acids is 1. The van der Waals surface area contributed by atoms with Gasteiger partial charge < -0.3 is 0 Å². The van der Waals surface area contributed by atoms with Gasteiger partial charge >= 0.3 is 0 Å². The number of hydrogen-bond acceptors (Lipinski definition) is 4. The van der Waals surface area contributed by atoms with Crippen LogP contribution in [0.2, 0.25) is 0 Å². The van der Waals surface area contributed by atoms with E-state index in [-0.39, 0.29) is 0 Å². The SMILES string of the molecule is Cc1cnn(CCN2CCC[C@H]2c2ccc(/C=C/C(=O)NO)cc2)c1. The van der Waals surface area contributed by atoms with Crippen molar-refractivity contribution in [3.63, 3.8) is 0 Å². The van der Waals surface area contributed by atoms with Crippen LogP contribution in [0.15, 0.2) is 42.7 Å². The van der Waals surface area contributed by atoms with E-state index in [1.807, 2.05) is 23.0 Å². The number of hydroxylamine groups is 1. The summed E-state index contributed by atoms with van der Waals surface area (Å²) in [6.07, 6.45) is 9.34. The minimum absolute atomic E-state index is 0.440. The minimum atomic E-state index is -0.528. The average Bonchev–Trinajstić information content (AvgIpc) is 3.27. The summed E-state index contributed by atoms with van der Waals surface area (Å²) >= 11 is 0. The first kappa shape index (κ1) is 17.4. The first-order valence-electron chi connectivity index (χ1n) is 8.61. The molecule has 0 radical (unpaired) electrons. The van der Waals surface area contributed by atoms with Gasteiger partial charge in [-0.3, -0.25) is 19.6 Å². The molecular formula is C19H24N4O2. The fraction of sp³-hybridized carbons (Fsp3) is 0.368. The summed E-state index contributed by atoms with van der Waals surface area (Å²) in [5.41, 5.74) is 5.02. The first-order valence-corrected chi connectivity index (χ1v) is 8.61. The van der Waals surface area contributed by atoms with Crippen molar-refractivity contribution in [2.75, 3.05) is 13.1 Å². The highest BCUT2D eigenvalue weighted by Crippen LogP contribution is 2.31. The van der Waals surface area contributed by atoms with Gasteiger partial charge in [-0.05, 0) is 49.1 Å². The molecule has 0 unspecified atom stereocenters. The van der Waals surface area contributed by atoms with Crippen molar-refractivity contribution in [1.29, 1.82) is 0 Å². The van der Waals surface area contributed by atoms with Crippen LogP contribution in [0.4, 0.5) is 0 Å². The Kier molecular flexibility index (Phi) is 5.63. The van der Waals surface area contributed by atoms with Crippen LogP contribution >= 0.6 is 0 Å². The fourth-order valence-corrected chi connectivity index (χ4v) is 3.33. The van der Waals surface area contributed by atoms with Crippen molar-refractivity contribution < 1.29 is 10.0 Å². The van der Waals surface area contributed by atoms with E-state index in [4.69, 9.17) is 5.21 Å². The molecule has 1 aromatic heterocycles. The molecule has 0 aliphatic carbocycles. The molecule has 2 aromatic rings. The zero-order chi connectivity index (χ0) is 17.6. The third-order valence-corrected chi connectivity index (χ3v) is 4.60. The zero-order valence-electron chi connectivity index (χ0n) is 14.4. The Balaban J connectivity index is 1.61. The van der Waals surface area contributed by atoms with Gasteiger partial charge in [0.05, 0.1) is 12.7 Å². The van der Waals surface area contributed by atoms with E-state index in [1.165, 1.54) is 30.0 Å². The summed E-state index contributed by atoms with van der Waals surface area (Å²) in [5, 5.41) is 12.9. The monoisotopic (exact) mass is 340 g/mol. The molecule has 1 atom stereocenters. The maximum Gasteiger partial charge on any atom is 0.267 e. The first-order chi connectivity index (χ1) is 12.2. The molecular weight excluding hydrogens is 316 g/mol.